The second-order valence-electron chi connectivity index (χ2n) is 8.87. The number of pyridine rings is 1. The fraction of sp³-hybridized carbons (Fsp3) is 0.400. The van der Waals surface area contributed by atoms with Gasteiger partial charge in [-0.05, 0) is 55.8 Å². The van der Waals surface area contributed by atoms with Crippen molar-refractivity contribution in [2.45, 2.75) is 25.5 Å². The number of aromatic nitrogens is 3. The van der Waals surface area contributed by atoms with Gasteiger partial charge in [0, 0.05) is 49.7 Å². The molecule has 2 saturated heterocycles. The van der Waals surface area contributed by atoms with Gasteiger partial charge in [-0.2, -0.15) is 0 Å². The summed E-state index contributed by atoms with van der Waals surface area (Å²) in [6.45, 7) is 6.94. The predicted octanol–water partition coefficient (Wildman–Crippen LogP) is 2.16. The molecular formula is C25H32N8O. The summed E-state index contributed by atoms with van der Waals surface area (Å²) in [5.74, 6) is 1.02. The van der Waals surface area contributed by atoms with E-state index in [0.29, 0.717) is 11.7 Å². The minimum Gasteiger partial charge on any atom is -0.470 e. The highest BCUT2D eigenvalue weighted by Crippen LogP contribution is 2.26. The molecule has 34 heavy (non-hydrogen) atoms. The molecule has 2 aromatic heterocycles. The van der Waals surface area contributed by atoms with Crippen molar-refractivity contribution in [1.82, 2.24) is 25.2 Å². The lowest BCUT2D eigenvalue weighted by molar-refractivity contribution is 0.153. The van der Waals surface area contributed by atoms with E-state index in [2.05, 4.69) is 54.3 Å². The molecule has 0 spiro atoms. The van der Waals surface area contributed by atoms with E-state index in [0.717, 1.165) is 62.1 Å². The second kappa shape index (κ2) is 10.2. The molecule has 3 aromatic rings. The first kappa shape index (κ1) is 22.4. The number of benzene rings is 1. The minimum absolute atomic E-state index is 0.258. The van der Waals surface area contributed by atoms with E-state index in [1.54, 1.807) is 18.5 Å². The number of nitrogens with one attached hydrogen (secondary N) is 1. The first-order valence-electron chi connectivity index (χ1n) is 11.9. The first-order valence-corrected chi connectivity index (χ1v) is 11.9. The Kier molecular flexibility index (Phi) is 6.73. The number of rotatable bonds is 6. The van der Waals surface area contributed by atoms with Gasteiger partial charge in [-0.3, -0.25) is 4.90 Å². The Bertz CT molecular complexity index is 1090. The van der Waals surface area contributed by atoms with E-state index in [1.165, 1.54) is 18.5 Å². The van der Waals surface area contributed by atoms with Crippen molar-refractivity contribution in [3.05, 3.63) is 54.4 Å². The van der Waals surface area contributed by atoms with Crippen LogP contribution in [0, 0.1) is 0 Å². The molecule has 0 unspecified atom stereocenters. The summed E-state index contributed by atoms with van der Waals surface area (Å²) >= 11 is 0. The number of piperazine rings is 1. The van der Waals surface area contributed by atoms with E-state index in [9.17, 15) is 0 Å². The third-order valence-electron chi connectivity index (χ3n) is 6.66. The van der Waals surface area contributed by atoms with Crippen LogP contribution in [0.4, 0.5) is 17.3 Å². The van der Waals surface area contributed by atoms with Crippen LogP contribution in [0.5, 0.6) is 5.88 Å². The van der Waals surface area contributed by atoms with E-state index in [4.69, 9.17) is 16.2 Å². The van der Waals surface area contributed by atoms with Crippen LogP contribution in [0.1, 0.15) is 18.4 Å². The van der Waals surface area contributed by atoms with Gasteiger partial charge in [-0.25, -0.2) is 15.0 Å². The number of hydrogen-bond acceptors (Lipinski definition) is 9. The Morgan fingerprint density at radius 2 is 1.74 bits per heavy atom. The first-order chi connectivity index (χ1) is 16.7. The molecule has 0 radical (unpaired) electrons. The van der Waals surface area contributed by atoms with Crippen molar-refractivity contribution in [2.75, 3.05) is 55.6 Å². The highest BCUT2D eigenvalue weighted by atomic mass is 16.5. The normalized spacial score (nSPS) is 17.6. The summed E-state index contributed by atoms with van der Waals surface area (Å²) in [4.78, 5) is 18.0. The monoisotopic (exact) mass is 460 g/mol. The molecular weight excluding hydrogens is 428 g/mol. The van der Waals surface area contributed by atoms with E-state index >= 15 is 0 Å². The van der Waals surface area contributed by atoms with Crippen LogP contribution in [-0.4, -0.2) is 65.2 Å². The van der Waals surface area contributed by atoms with Crippen LogP contribution in [0.25, 0.3) is 11.3 Å². The SMILES string of the molecule is Nc1cc(COc2nc(-c3ccc(N4CCN(C5CCNCC5)CC4)cc3)cnc2N)ccn1. The third kappa shape index (κ3) is 5.21. The zero-order valence-electron chi connectivity index (χ0n) is 19.4. The molecule has 0 atom stereocenters. The molecule has 2 aliphatic heterocycles. The zero-order valence-corrected chi connectivity index (χ0v) is 19.4. The van der Waals surface area contributed by atoms with Crippen molar-refractivity contribution in [3.63, 3.8) is 0 Å². The average Bonchev–Trinajstić information content (AvgIpc) is 2.89. The molecule has 5 N–H and O–H groups in total. The maximum atomic E-state index is 6.00. The number of ether oxygens (including phenoxy) is 1. The molecule has 9 nitrogen and oxygen atoms in total. The molecule has 178 valence electrons. The minimum atomic E-state index is 0.258. The molecule has 1 aromatic carbocycles. The van der Waals surface area contributed by atoms with Gasteiger partial charge in [0.15, 0.2) is 5.82 Å². The van der Waals surface area contributed by atoms with Gasteiger partial charge in [0.2, 0.25) is 0 Å². The van der Waals surface area contributed by atoms with Crippen molar-refractivity contribution in [2.24, 2.45) is 0 Å². The van der Waals surface area contributed by atoms with Gasteiger partial charge in [-0.15, -0.1) is 0 Å². The number of nitrogen functional groups attached to an aromatic ring is 2. The van der Waals surface area contributed by atoms with E-state index in [1.807, 2.05) is 6.07 Å². The summed E-state index contributed by atoms with van der Waals surface area (Å²) in [7, 11) is 0. The van der Waals surface area contributed by atoms with Crippen LogP contribution in [-0.2, 0) is 6.61 Å². The molecule has 2 aliphatic rings. The lowest BCUT2D eigenvalue weighted by Crippen LogP contribution is -2.52. The molecule has 5 rings (SSSR count). The molecule has 0 saturated carbocycles. The van der Waals surface area contributed by atoms with Crippen LogP contribution >= 0.6 is 0 Å². The largest absolute Gasteiger partial charge is 0.470 e. The Morgan fingerprint density at radius 1 is 0.971 bits per heavy atom. The fourth-order valence-corrected chi connectivity index (χ4v) is 4.72. The second-order valence-corrected chi connectivity index (χ2v) is 8.87. The summed E-state index contributed by atoms with van der Waals surface area (Å²) in [5.41, 5.74) is 15.6. The van der Waals surface area contributed by atoms with Crippen LogP contribution in [0.3, 0.4) is 0 Å². The molecule has 2 fully saturated rings. The van der Waals surface area contributed by atoms with Gasteiger partial charge >= 0.3 is 0 Å². The topological polar surface area (TPSA) is 118 Å². The van der Waals surface area contributed by atoms with Crippen molar-refractivity contribution < 1.29 is 4.74 Å². The Hall–Kier alpha value is -3.43. The molecule has 0 bridgehead atoms. The summed E-state index contributed by atoms with van der Waals surface area (Å²) < 4.78 is 5.82. The lowest BCUT2D eigenvalue weighted by Gasteiger charge is -2.41. The number of nitrogens with zero attached hydrogens (tertiary/aromatic N) is 5. The summed E-state index contributed by atoms with van der Waals surface area (Å²) in [6, 6.07) is 12.8. The Labute approximate surface area is 200 Å². The quantitative estimate of drug-likeness (QED) is 0.508. The molecule has 4 heterocycles. The number of hydrogen-bond donors (Lipinski definition) is 3. The van der Waals surface area contributed by atoms with Crippen LogP contribution in [0.15, 0.2) is 48.8 Å². The van der Waals surface area contributed by atoms with Gasteiger partial charge in [-0.1, -0.05) is 12.1 Å². The van der Waals surface area contributed by atoms with Gasteiger partial charge in [0.25, 0.3) is 5.88 Å². The summed E-state index contributed by atoms with van der Waals surface area (Å²) in [5, 5.41) is 3.46. The molecule has 9 heteroatoms. The van der Waals surface area contributed by atoms with Crippen LogP contribution in [0.2, 0.25) is 0 Å². The number of piperidine rings is 1. The fourth-order valence-electron chi connectivity index (χ4n) is 4.72. The highest BCUT2D eigenvalue weighted by Gasteiger charge is 2.25. The molecule has 0 aliphatic carbocycles. The maximum Gasteiger partial charge on any atom is 0.258 e. The van der Waals surface area contributed by atoms with Crippen LogP contribution < -0.4 is 26.4 Å². The zero-order chi connectivity index (χ0) is 23.3. The summed E-state index contributed by atoms with van der Waals surface area (Å²) in [6.07, 6.45) is 5.85. The van der Waals surface area contributed by atoms with Crippen molar-refractivity contribution in [3.8, 4) is 17.1 Å². The predicted molar refractivity (Wildman–Crippen MR) is 135 cm³/mol. The number of anilines is 3. The van der Waals surface area contributed by atoms with E-state index < -0.39 is 0 Å². The number of nitrogens with two attached hydrogens (primary N) is 2. The highest BCUT2D eigenvalue weighted by molar-refractivity contribution is 5.64. The van der Waals surface area contributed by atoms with E-state index in [-0.39, 0.29) is 12.4 Å². The van der Waals surface area contributed by atoms with Crippen molar-refractivity contribution in [1.29, 1.82) is 0 Å². The smallest absolute Gasteiger partial charge is 0.258 e. The van der Waals surface area contributed by atoms with Gasteiger partial charge < -0.3 is 26.4 Å². The lowest BCUT2D eigenvalue weighted by atomic mass is 10.0. The maximum absolute atomic E-state index is 6.00. The van der Waals surface area contributed by atoms with Gasteiger partial charge in [0.05, 0.1) is 11.9 Å². The van der Waals surface area contributed by atoms with Gasteiger partial charge in [0.1, 0.15) is 12.4 Å². The molecule has 0 amide bonds. The Morgan fingerprint density at radius 3 is 2.47 bits per heavy atom. The average molecular weight is 461 g/mol. The van der Waals surface area contributed by atoms with Crippen molar-refractivity contribution >= 4 is 17.3 Å². The third-order valence-corrected chi connectivity index (χ3v) is 6.66. The Balaban J connectivity index is 1.21. The standard InChI is InChI=1S/C25H32N8O/c26-23-15-18(5-10-29-23)17-34-25-24(27)30-16-22(31-25)19-1-3-20(4-2-19)32-11-13-33(14-12-32)21-6-8-28-9-7-21/h1-5,10,15-16,21,28H,6-9,11-14,17H2,(H2,26,29)(H2,27,30).